The zero-order chi connectivity index (χ0) is 14.8. The number of hydrogen-bond acceptors (Lipinski definition) is 4. The molecule has 1 aliphatic heterocycles. The largest absolute Gasteiger partial charge is 0.497 e. The molecule has 1 aromatic rings. The van der Waals surface area contributed by atoms with Gasteiger partial charge in [0.05, 0.1) is 18.3 Å². The molecule has 5 nitrogen and oxygen atoms in total. The molecule has 110 valence electrons. The van der Waals surface area contributed by atoms with Crippen molar-refractivity contribution in [1.82, 2.24) is 4.90 Å². The second-order valence-electron chi connectivity index (χ2n) is 5.60. The van der Waals surface area contributed by atoms with Crippen molar-refractivity contribution in [3.05, 3.63) is 23.8 Å². The summed E-state index contributed by atoms with van der Waals surface area (Å²) in [6, 6.07) is 5.08. The van der Waals surface area contributed by atoms with E-state index in [2.05, 4.69) is 0 Å². The highest BCUT2D eigenvalue weighted by molar-refractivity contribution is 5.99. The van der Waals surface area contributed by atoms with Crippen molar-refractivity contribution in [2.45, 2.75) is 31.8 Å². The number of rotatable bonds is 2. The van der Waals surface area contributed by atoms with Crippen molar-refractivity contribution >= 4 is 11.6 Å². The SMILES string of the molecule is COc1ccc(N)c(C(=O)N2CCCC(C)(O)CC2)c1. The van der Waals surface area contributed by atoms with E-state index in [0.717, 1.165) is 6.42 Å². The Morgan fingerprint density at radius 1 is 1.40 bits per heavy atom. The van der Waals surface area contributed by atoms with Crippen molar-refractivity contribution < 1.29 is 14.6 Å². The second-order valence-corrected chi connectivity index (χ2v) is 5.60. The van der Waals surface area contributed by atoms with Crippen molar-refractivity contribution in [3.63, 3.8) is 0 Å². The average molecular weight is 278 g/mol. The monoisotopic (exact) mass is 278 g/mol. The Morgan fingerprint density at radius 2 is 2.15 bits per heavy atom. The van der Waals surface area contributed by atoms with E-state index < -0.39 is 5.60 Å². The van der Waals surface area contributed by atoms with Crippen LogP contribution in [0.2, 0.25) is 0 Å². The van der Waals surface area contributed by atoms with Gasteiger partial charge in [-0.25, -0.2) is 0 Å². The first-order valence-electron chi connectivity index (χ1n) is 6.88. The summed E-state index contributed by atoms with van der Waals surface area (Å²) >= 11 is 0. The van der Waals surface area contributed by atoms with E-state index >= 15 is 0 Å². The number of ether oxygens (including phenoxy) is 1. The Kier molecular flexibility index (Phi) is 4.18. The molecule has 0 aromatic heterocycles. The molecule has 20 heavy (non-hydrogen) atoms. The Labute approximate surface area is 119 Å². The van der Waals surface area contributed by atoms with E-state index in [1.807, 2.05) is 6.92 Å². The van der Waals surface area contributed by atoms with Crippen LogP contribution >= 0.6 is 0 Å². The molecule has 1 unspecified atom stereocenters. The third-order valence-electron chi connectivity index (χ3n) is 3.84. The number of benzene rings is 1. The maximum atomic E-state index is 12.6. The molecular formula is C15H22N2O3. The standard InChI is InChI=1S/C15H22N2O3/c1-15(19)6-3-8-17(9-7-15)14(18)12-10-11(20-2)4-5-13(12)16/h4-5,10,19H,3,6-9,16H2,1-2H3. The first-order valence-corrected chi connectivity index (χ1v) is 6.88. The van der Waals surface area contributed by atoms with Gasteiger partial charge in [-0.3, -0.25) is 4.79 Å². The highest BCUT2D eigenvalue weighted by atomic mass is 16.5. The zero-order valence-electron chi connectivity index (χ0n) is 12.1. The molecule has 1 aliphatic rings. The number of carbonyl (C=O) groups excluding carboxylic acids is 1. The van der Waals surface area contributed by atoms with Crippen molar-refractivity contribution in [2.75, 3.05) is 25.9 Å². The number of aliphatic hydroxyl groups is 1. The van der Waals surface area contributed by atoms with E-state index in [1.54, 1.807) is 30.2 Å². The molecule has 2 rings (SSSR count). The maximum Gasteiger partial charge on any atom is 0.256 e. The van der Waals surface area contributed by atoms with Crippen LogP contribution in [0.5, 0.6) is 5.75 Å². The molecule has 1 heterocycles. The number of hydrogen-bond donors (Lipinski definition) is 2. The Morgan fingerprint density at radius 3 is 2.85 bits per heavy atom. The Bertz CT molecular complexity index is 500. The van der Waals surface area contributed by atoms with Crippen LogP contribution in [0.15, 0.2) is 18.2 Å². The highest BCUT2D eigenvalue weighted by Gasteiger charge is 2.28. The molecule has 5 heteroatoms. The molecule has 1 fully saturated rings. The summed E-state index contributed by atoms with van der Waals surface area (Å²) in [7, 11) is 1.56. The second kappa shape index (κ2) is 5.71. The van der Waals surface area contributed by atoms with Crippen molar-refractivity contribution in [1.29, 1.82) is 0 Å². The van der Waals surface area contributed by atoms with Gasteiger partial charge in [0.2, 0.25) is 0 Å². The van der Waals surface area contributed by atoms with E-state index in [9.17, 15) is 9.90 Å². The number of methoxy groups -OCH3 is 1. The molecule has 1 amide bonds. The molecule has 1 atom stereocenters. The van der Waals surface area contributed by atoms with Gasteiger partial charge in [-0.1, -0.05) is 0 Å². The fourth-order valence-corrected chi connectivity index (χ4v) is 2.48. The van der Waals surface area contributed by atoms with E-state index in [1.165, 1.54) is 0 Å². The number of nitrogen functional groups attached to an aromatic ring is 1. The van der Waals surface area contributed by atoms with Gasteiger partial charge in [-0.15, -0.1) is 0 Å². The van der Waals surface area contributed by atoms with Gasteiger partial charge in [-0.05, 0) is 44.4 Å². The van der Waals surface area contributed by atoms with Crippen LogP contribution in [-0.4, -0.2) is 41.7 Å². The third kappa shape index (κ3) is 3.22. The Balaban J connectivity index is 2.18. The Hall–Kier alpha value is -1.75. The number of amides is 1. The highest BCUT2D eigenvalue weighted by Crippen LogP contribution is 2.25. The topological polar surface area (TPSA) is 75.8 Å². The summed E-state index contributed by atoms with van der Waals surface area (Å²) in [6.07, 6.45) is 2.09. The van der Waals surface area contributed by atoms with Crippen LogP contribution in [0.3, 0.4) is 0 Å². The zero-order valence-corrected chi connectivity index (χ0v) is 12.1. The molecule has 0 aliphatic carbocycles. The molecule has 0 saturated carbocycles. The lowest BCUT2D eigenvalue weighted by Crippen LogP contribution is -2.34. The first kappa shape index (κ1) is 14.7. The fraction of sp³-hybridized carbons (Fsp3) is 0.533. The van der Waals surface area contributed by atoms with Crippen LogP contribution in [0.4, 0.5) is 5.69 Å². The molecule has 0 bridgehead atoms. The van der Waals surface area contributed by atoms with Crippen molar-refractivity contribution in [3.8, 4) is 5.75 Å². The summed E-state index contributed by atoms with van der Waals surface area (Å²) in [6.45, 7) is 3.01. The molecule has 3 N–H and O–H groups in total. The van der Waals surface area contributed by atoms with Gasteiger partial charge in [0, 0.05) is 18.8 Å². The van der Waals surface area contributed by atoms with Crippen LogP contribution in [0.25, 0.3) is 0 Å². The molecular weight excluding hydrogens is 256 g/mol. The third-order valence-corrected chi connectivity index (χ3v) is 3.84. The summed E-state index contributed by atoms with van der Waals surface area (Å²) in [4.78, 5) is 14.3. The van der Waals surface area contributed by atoms with Gasteiger partial charge in [-0.2, -0.15) is 0 Å². The number of nitrogens with zero attached hydrogens (tertiary/aromatic N) is 1. The van der Waals surface area contributed by atoms with E-state index in [-0.39, 0.29) is 5.91 Å². The predicted octanol–water partition coefficient (Wildman–Crippen LogP) is 1.65. The lowest BCUT2D eigenvalue weighted by Gasteiger charge is -2.23. The predicted molar refractivity (Wildman–Crippen MR) is 77.8 cm³/mol. The molecule has 0 radical (unpaired) electrons. The van der Waals surface area contributed by atoms with Crippen LogP contribution < -0.4 is 10.5 Å². The lowest BCUT2D eigenvalue weighted by molar-refractivity contribution is 0.0438. The van der Waals surface area contributed by atoms with Gasteiger partial charge < -0.3 is 20.5 Å². The minimum Gasteiger partial charge on any atom is -0.497 e. The van der Waals surface area contributed by atoms with E-state index in [4.69, 9.17) is 10.5 Å². The molecule has 1 aromatic carbocycles. The van der Waals surface area contributed by atoms with Crippen LogP contribution in [0, 0.1) is 0 Å². The summed E-state index contributed by atoms with van der Waals surface area (Å²) in [5, 5.41) is 10.1. The lowest BCUT2D eigenvalue weighted by atomic mass is 9.98. The quantitative estimate of drug-likeness (QED) is 0.807. The van der Waals surface area contributed by atoms with Gasteiger partial charge in [0.1, 0.15) is 5.75 Å². The minimum absolute atomic E-state index is 0.0981. The molecule has 0 spiro atoms. The van der Waals surface area contributed by atoms with Crippen LogP contribution in [-0.2, 0) is 0 Å². The first-order chi connectivity index (χ1) is 9.43. The number of anilines is 1. The maximum absolute atomic E-state index is 12.6. The van der Waals surface area contributed by atoms with Gasteiger partial charge in [0.25, 0.3) is 5.91 Å². The number of likely N-dealkylation sites (tertiary alicyclic amines) is 1. The summed E-state index contributed by atoms with van der Waals surface area (Å²) < 4.78 is 5.14. The van der Waals surface area contributed by atoms with Crippen molar-refractivity contribution in [2.24, 2.45) is 0 Å². The normalized spacial score (nSPS) is 23.2. The van der Waals surface area contributed by atoms with E-state index in [0.29, 0.717) is 42.9 Å². The molecule has 1 saturated heterocycles. The minimum atomic E-state index is -0.686. The summed E-state index contributed by atoms with van der Waals surface area (Å²) in [5.41, 5.74) is 6.12. The average Bonchev–Trinajstić information content (AvgIpc) is 2.59. The smallest absolute Gasteiger partial charge is 0.256 e. The summed E-state index contributed by atoms with van der Waals surface area (Å²) in [5.74, 6) is 0.517. The van der Waals surface area contributed by atoms with Crippen LogP contribution in [0.1, 0.15) is 36.5 Å². The number of carbonyl (C=O) groups is 1. The van der Waals surface area contributed by atoms with Gasteiger partial charge >= 0.3 is 0 Å². The van der Waals surface area contributed by atoms with Gasteiger partial charge in [0.15, 0.2) is 0 Å². The fourth-order valence-electron chi connectivity index (χ4n) is 2.48. The number of nitrogens with two attached hydrogens (primary N) is 1.